The van der Waals surface area contributed by atoms with Crippen molar-refractivity contribution >= 4 is 0 Å². The lowest BCUT2D eigenvalue weighted by atomic mass is 9.78. The first-order valence-electron chi connectivity index (χ1n) is 11.6. The Morgan fingerprint density at radius 1 is 0.441 bits per heavy atom. The summed E-state index contributed by atoms with van der Waals surface area (Å²) in [6, 6.07) is 0. The zero-order valence-corrected chi connectivity index (χ0v) is 18.6. The third kappa shape index (κ3) is 5.42. The number of ether oxygens (including phenoxy) is 2. The largest absolute Gasteiger partial charge is 0.396 e. The first-order valence-corrected chi connectivity index (χ1v) is 11.6. The van der Waals surface area contributed by atoms with E-state index in [0.717, 1.165) is 0 Å². The number of hydrogen-bond acceptors (Lipinski definition) is 13. The third-order valence-electron chi connectivity index (χ3n) is 7.62. The molecule has 0 spiro atoms. The van der Waals surface area contributed by atoms with Crippen molar-refractivity contribution in [3.63, 3.8) is 0 Å². The Morgan fingerprint density at radius 3 is 1.35 bits per heavy atom. The van der Waals surface area contributed by atoms with E-state index in [1.165, 1.54) is 0 Å². The second-order valence-electron chi connectivity index (χ2n) is 9.81. The van der Waals surface area contributed by atoms with Crippen LogP contribution in [0.25, 0.3) is 0 Å². The van der Waals surface area contributed by atoms with Crippen LogP contribution < -0.4 is 0 Å². The van der Waals surface area contributed by atoms with Gasteiger partial charge in [-0.15, -0.1) is 0 Å². The summed E-state index contributed by atoms with van der Waals surface area (Å²) in [7, 11) is 0. The summed E-state index contributed by atoms with van der Waals surface area (Å²) in [6.07, 6.45) is -16.8. The lowest BCUT2D eigenvalue weighted by Gasteiger charge is -2.48. The molecule has 15 atom stereocenters. The van der Waals surface area contributed by atoms with Gasteiger partial charge in [0, 0.05) is 37.6 Å². The molecule has 0 amide bonds. The van der Waals surface area contributed by atoms with Crippen LogP contribution in [-0.2, 0) is 9.47 Å². The highest BCUT2D eigenvalue weighted by Gasteiger charge is 2.51. The maximum atomic E-state index is 10.8. The zero-order chi connectivity index (χ0) is 25.3. The molecule has 3 fully saturated rings. The molecule has 200 valence electrons. The van der Waals surface area contributed by atoms with Gasteiger partial charge in [-0.3, -0.25) is 0 Å². The van der Waals surface area contributed by atoms with Gasteiger partial charge in [-0.05, 0) is 19.3 Å². The average molecular weight is 499 g/mol. The Morgan fingerprint density at radius 2 is 0.853 bits per heavy atom. The highest BCUT2D eigenvalue weighted by atomic mass is 16.5. The van der Waals surface area contributed by atoms with Crippen molar-refractivity contribution in [2.75, 3.05) is 19.8 Å². The van der Waals surface area contributed by atoms with Gasteiger partial charge in [0.2, 0.25) is 0 Å². The van der Waals surface area contributed by atoms with Crippen molar-refractivity contribution in [2.45, 2.75) is 92.5 Å². The maximum absolute atomic E-state index is 10.8. The fourth-order valence-electron chi connectivity index (χ4n) is 5.43. The predicted octanol–water partition coefficient (Wildman–Crippen LogP) is -5.58. The smallest absolute Gasteiger partial charge is 0.109 e. The summed E-state index contributed by atoms with van der Waals surface area (Å²) in [5.41, 5.74) is 0. The first-order chi connectivity index (χ1) is 16.0. The molecule has 3 saturated carbocycles. The highest BCUT2D eigenvalue weighted by Crippen LogP contribution is 2.37. The van der Waals surface area contributed by atoms with E-state index >= 15 is 0 Å². The van der Waals surface area contributed by atoms with Crippen LogP contribution in [0.1, 0.15) is 19.3 Å². The molecule has 11 N–H and O–H groups in total. The van der Waals surface area contributed by atoms with E-state index in [0.29, 0.717) is 0 Å². The Labute approximate surface area is 196 Å². The van der Waals surface area contributed by atoms with Crippen molar-refractivity contribution in [2.24, 2.45) is 17.8 Å². The molecule has 3 rings (SSSR count). The van der Waals surface area contributed by atoms with Crippen molar-refractivity contribution in [1.82, 2.24) is 0 Å². The lowest BCUT2D eigenvalue weighted by molar-refractivity contribution is -0.260. The number of rotatable bonds is 7. The van der Waals surface area contributed by atoms with Gasteiger partial charge in [-0.25, -0.2) is 0 Å². The maximum Gasteiger partial charge on any atom is 0.109 e. The second-order valence-corrected chi connectivity index (χ2v) is 9.81. The molecule has 0 aromatic rings. The lowest BCUT2D eigenvalue weighted by Crippen LogP contribution is -2.62. The molecule has 0 aromatic carbocycles. The van der Waals surface area contributed by atoms with Crippen LogP contribution in [0.3, 0.4) is 0 Å². The molecule has 34 heavy (non-hydrogen) atoms. The molecule has 0 heterocycles. The molecule has 0 saturated heterocycles. The minimum Gasteiger partial charge on any atom is -0.396 e. The van der Waals surface area contributed by atoms with Crippen molar-refractivity contribution in [3.8, 4) is 0 Å². The molecular weight excluding hydrogens is 460 g/mol. The normalized spacial score (nSPS) is 52.5. The van der Waals surface area contributed by atoms with E-state index in [1.807, 2.05) is 0 Å². The van der Waals surface area contributed by atoms with Crippen LogP contribution in [0.15, 0.2) is 0 Å². The summed E-state index contributed by atoms with van der Waals surface area (Å²) >= 11 is 0. The fraction of sp³-hybridized carbons (Fsp3) is 1.00. The number of aliphatic hydroxyl groups excluding tert-OH is 11. The van der Waals surface area contributed by atoms with Gasteiger partial charge >= 0.3 is 0 Å². The quantitative estimate of drug-likeness (QED) is 0.157. The van der Waals surface area contributed by atoms with Crippen LogP contribution in [-0.4, -0.2) is 149 Å². The van der Waals surface area contributed by atoms with Crippen molar-refractivity contribution < 1.29 is 65.6 Å². The van der Waals surface area contributed by atoms with Crippen molar-refractivity contribution in [1.29, 1.82) is 0 Å². The van der Waals surface area contributed by atoms with E-state index in [4.69, 9.17) is 9.47 Å². The van der Waals surface area contributed by atoms with E-state index in [1.54, 1.807) is 0 Å². The van der Waals surface area contributed by atoms with Crippen LogP contribution in [0, 0.1) is 17.8 Å². The highest BCUT2D eigenvalue weighted by molar-refractivity contribution is 5.00. The summed E-state index contributed by atoms with van der Waals surface area (Å²) in [4.78, 5) is 0. The topological polar surface area (TPSA) is 241 Å². The predicted molar refractivity (Wildman–Crippen MR) is 111 cm³/mol. The van der Waals surface area contributed by atoms with Gasteiger partial charge in [0.25, 0.3) is 0 Å². The zero-order valence-electron chi connectivity index (χ0n) is 18.6. The number of hydrogen-bond donors (Lipinski definition) is 11. The van der Waals surface area contributed by atoms with Gasteiger partial charge in [0.1, 0.15) is 36.6 Å². The van der Waals surface area contributed by atoms with Gasteiger partial charge in [-0.2, -0.15) is 0 Å². The molecule has 3 aliphatic carbocycles. The van der Waals surface area contributed by atoms with E-state index < -0.39 is 111 Å². The molecule has 13 nitrogen and oxygen atoms in total. The molecule has 0 aromatic heterocycles. The van der Waals surface area contributed by atoms with Gasteiger partial charge in [0.05, 0.1) is 36.6 Å². The standard InChI is InChI=1S/C21H38O13/c22-4-7-2-11(15(28)17(30)13(7)26)33-21-9(6-24)3-12(16(29)19(21)32)34-20-8(5-23)1-10(25)14(27)18(20)31/h7-32H,1-6H2/t7-,8-,9-,10+,11?,12?,13-,14+,15+,16+,17?,18?,19?,20-,21-/m1/s1. The Hall–Kier alpha value is -0.520. The fourth-order valence-corrected chi connectivity index (χ4v) is 5.43. The third-order valence-corrected chi connectivity index (χ3v) is 7.62. The Kier molecular flexibility index (Phi) is 9.64. The van der Waals surface area contributed by atoms with Crippen molar-refractivity contribution in [3.05, 3.63) is 0 Å². The molecular formula is C21H38O13. The van der Waals surface area contributed by atoms with E-state index in [9.17, 15) is 56.2 Å². The molecule has 0 radical (unpaired) electrons. The summed E-state index contributed by atoms with van der Waals surface area (Å²) in [6.45, 7) is -1.45. The van der Waals surface area contributed by atoms with Crippen LogP contribution >= 0.6 is 0 Å². The van der Waals surface area contributed by atoms with Gasteiger partial charge in [0.15, 0.2) is 0 Å². The summed E-state index contributed by atoms with van der Waals surface area (Å²) < 4.78 is 11.6. The van der Waals surface area contributed by atoms with Crippen LogP contribution in [0.5, 0.6) is 0 Å². The summed E-state index contributed by atoms with van der Waals surface area (Å²) in [5, 5.41) is 111. The van der Waals surface area contributed by atoms with Gasteiger partial charge in [-0.1, -0.05) is 0 Å². The summed E-state index contributed by atoms with van der Waals surface area (Å²) in [5.74, 6) is -2.35. The second kappa shape index (κ2) is 11.7. The van der Waals surface area contributed by atoms with E-state index in [2.05, 4.69) is 0 Å². The molecule has 0 bridgehead atoms. The molecule has 3 aliphatic rings. The molecule has 13 heteroatoms. The minimum absolute atomic E-state index is 0.0417. The molecule has 5 unspecified atom stereocenters. The first kappa shape index (κ1) is 28.1. The van der Waals surface area contributed by atoms with Crippen LogP contribution in [0.4, 0.5) is 0 Å². The number of aliphatic hydroxyl groups is 11. The Bertz CT molecular complexity index is 634. The minimum atomic E-state index is -1.62. The van der Waals surface area contributed by atoms with E-state index in [-0.39, 0.29) is 19.3 Å². The SMILES string of the molecule is OC[C@H]1CC(O[C@H]2C(O)[C@@H](O)C(O[C@H]3C(O)[C@@H](O)[C@@H](O)C[C@@H]3CO)C[C@@H]2CO)[C@H](O)C(O)[C@@H]1O. The average Bonchev–Trinajstić information content (AvgIpc) is 2.83. The van der Waals surface area contributed by atoms with Gasteiger partial charge < -0.3 is 65.6 Å². The molecule has 0 aliphatic heterocycles. The van der Waals surface area contributed by atoms with Crippen LogP contribution in [0.2, 0.25) is 0 Å². The monoisotopic (exact) mass is 498 g/mol. The Balaban J connectivity index is 1.72.